The van der Waals surface area contributed by atoms with Crippen molar-refractivity contribution in [2.45, 2.75) is 13.0 Å². The van der Waals surface area contributed by atoms with Crippen molar-refractivity contribution in [3.05, 3.63) is 42.5 Å². The molecule has 1 aromatic heterocycles. The SMILES string of the molecule is C[C@@H](O)c1ccc(-n2cncn2)cc1. The summed E-state index contributed by atoms with van der Waals surface area (Å²) in [5.74, 6) is 0. The van der Waals surface area contributed by atoms with E-state index in [0.29, 0.717) is 0 Å². The highest BCUT2D eigenvalue weighted by Gasteiger charge is 2.01. The van der Waals surface area contributed by atoms with Crippen LogP contribution in [0.15, 0.2) is 36.9 Å². The summed E-state index contributed by atoms with van der Waals surface area (Å²) in [4.78, 5) is 3.86. The average Bonchev–Trinajstić information content (AvgIpc) is 2.71. The summed E-state index contributed by atoms with van der Waals surface area (Å²) >= 11 is 0. The van der Waals surface area contributed by atoms with Crippen molar-refractivity contribution < 1.29 is 5.11 Å². The van der Waals surface area contributed by atoms with E-state index >= 15 is 0 Å². The number of rotatable bonds is 2. The first-order valence-electron chi connectivity index (χ1n) is 4.40. The predicted molar refractivity (Wildman–Crippen MR) is 52.0 cm³/mol. The van der Waals surface area contributed by atoms with E-state index in [1.54, 1.807) is 17.9 Å². The molecular weight excluding hydrogens is 178 g/mol. The highest BCUT2D eigenvalue weighted by molar-refractivity contribution is 5.33. The van der Waals surface area contributed by atoms with Crippen molar-refractivity contribution in [1.29, 1.82) is 0 Å². The second-order valence-corrected chi connectivity index (χ2v) is 3.11. The fourth-order valence-electron chi connectivity index (χ4n) is 1.25. The lowest BCUT2D eigenvalue weighted by Crippen LogP contribution is -1.96. The molecule has 0 fully saturated rings. The lowest BCUT2D eigenvalue weighted by Gasteiger charge is -2.05. The molecule has 0 unspecified atom stereocenters. The molecule has 0 amide bonds. The van der Waals surface area contributed by atoms with Crippen LogP contribution < -0.4 is 0 Å². The first-order valence-corrected chi connectivity index (χ1v) is 4.40. The van der Waals surface area contributed by atoms with Crippen molar-refractivity contribution >= 4 is 0 Å². The molecular formula is C10H11N3O. The second-order valence-electron chi connectivity index (χ2n) is 3.11. The zero-order chi connectivity index (χ0) is 9.97. The van der Waals surface area contributed by atoms with Crippen LogP contribution in [0.25, 0.3) is 5.69 Å². The van der Waals surface area contributed by atoms with Gasteiger partial charge in [0.15, 0.2) is 0 Å². The van der Waals surface area contributed by atoms with Crippen LogP contribution in [0, 0.1) is 0 Å². The fourth-order valence-corrected chi connectivity index (χ4v) is 1.25. The van der Waals surface area contributed by atoms with Crippen LogP contribution in [0.4, 0.5) is 0 Å². The minimum absolute atomic E-state index is 0.431. The molecule has 2 aromatic rings. The number of aliphatic hydroxyl groups excluding tert-OH is 1. The quantitative estimate of drug-likeness (QED) is 0.775. The summed E-state index contributed by atoms with van der Waals surface area (Å²) in [5, 5.41) is 13.3. The lowest BCUT2D eigenvalue weighted by molar-refractivity contribution is 0.199. The Morgan fingerprint density at radius 3 is 2.50 bits per heavy atom. The van der Waals surface area contributed by atoms with Crippen LogP contribution in [-0.2, 0) is 0 Å². The highest BCUT2D eigenvalue weighted by atomic mass is 16.3. The molecule has 1 heterocycles. The van der Waals surface area contributed by atoms with Crippen molar-refractivity contribution in [2.24, 2.45) is 0 Å². The Balaban J connectivity index is 2.31. The predicted octanol–water partition coefficient (Wildman–Crippen LogP) is 1.32. The zero-order valence-electron chi connectivity index (χ0n) is 7.83. The highest BCUT2D eigenvalue weighted by Crippen LogP contribution is 2.14. The van der Waals surface area contributed by atoms with E-state index in [1.807, 2.05) is 24.3 Å². The number of hydrogen-bond acceptors (Lipinski definition) is 3. The van der Waals surface area contributed by atoms with Gasteiger partial charge in [0.05, 0.1) is 11.8 Å². The van der Waals surface area contributed by atoms with Crippen molar-refractivity contribution in [1.82, 2.24) is 14.8 Å². The molecule has 1 N–H and O–H groups in total. The maximum Gasteiger partial charge on any atom is 0.138 e. The molecule has 1 aromatic carbocycles. The second kappa shape index (κ2) is 3.59. The summed E-state index contributed by atoms with van der Waals surface area (Å²) in [7, 11) is 0. The van der Waals surface area contributed by atoms with Crippen LogP contribution in [0.5, 0.6) is 0 Å². The first kappa shape index (κ1) is 8.90. The molecule has 0 radical (unpaired) electrons. The molecule has 0 aliphatic carbocycles. The molecule has 1 atom stereocenters. The van der Waals surface area contributed by atoms with E-state index < -0.39 is 6.10 Å². The molecule has 4 nitrogen and oxygen atoms in total. The monoisotopic (exact) mass is 189 g/mol. The van der Waals surface area contributed by atoms with E-state index in [0.717, 1.165) is 11.3 Å². The maximum absolute atomic E-state index is 9.31. The standard InChI is InChI=1S/C10H11N3O/c1-8(14)9-2-4-10(5-3-9)13-7-11-6-12-13/h2-8,14H,1H3/t8-/m1/s1. The molecule has 14 heavy (non-hydrogen) atoms. The Morgan fingerprint density at radius 2 is 2.00 bits per heavy atom. The molecule has 0 aliphatic heterocycles. The topological polar surface area (TPSA) is 50.9 Å². The largest absolute Gasteiger partial charge is 0.389 e. The smallest absolute Gasteiger partial charge is 0.138 e. The molecule has 72 valence electrons. The maximum atomic E-state index is 9.31. The van der Waals surface area contributed by atoms with Gasteiger partial charge in [-0.25, -0.2) is 9.67 Å². The van der Waals surface area contributed by atoms with Crippen LogP contribution in [0.1, 0.15) is 18.6 Å². The third-order valence-corrected chi connectivity index (χ3v) is 2.06. The van der Waals surface area contributed by atoms with E-state index in [-0.39, 0.29) is 0 Å². The van der Waals surface area contributed by atoms with Gasteiger partial charge < -0.3 is 5.11 Å². The van der Waals surface area contributed by atoms with Gasteiger partial charge in [-0.3, -0.25) is 0 Å². The molecule has 0 aliphatic rings. The van der Waals surface area contributed by atoms with Crippen molar-refractivity contribution in [3.8, 4) is 5.69 Å². The molecule has 0 bridgehead atoms. The Labute approximate surface area is 81.8 Å². The Bertz CT molecular complexity index is 392. The first-order chi connectivity index (χ1) is 6.77. The Hall–Kier alpha value is -1.68. The number of hydrogen-bond donors (Lipinski definition) is 1. The summed E-state index contributed by atoms with van der Waals surface area (Å²) in [6.45, 7) is 1.74. The number of aromatic nitrogens is 3. The van der Waals surface area contributed by atoms with Gasteiger partial charge in [0, 0.05) is 0 Å². The average molecular weight is 189 g/mol. The van der Waals surface area contributed by atoms with Crippen LogP contribution in [0.3, 0.4) is 0 Å². The van der Waals surface area contributed by atoms with Gasteiger partial charge in [-0.2, -0.15) is 5.10 Å². The minimum Gasteiger partial charge on any atom is -0.389 e. The summed E-state index contributed by atoms with van der Waals surface area (Å²) < 4.78 is 1.67. The number of benzene rings is 1. The fraction of sp³-hybridized carbons (Fsp3) is 0.200. The van der Waals surface area contributed by atoms with Gasteiger partial charge >= 0.3 is 0 Å². The number of aliphatic hydroxyl groups is 1. The van der Waals surface area contributed by atoms with Gasteiger partial charge in [0.25, 0.3) is 0 Å². The summed E-state index contributed by atoms with van der Waals surface area (Å²) in [6, 6.07) is 7.55. The van der Waals surface area contributed by atoms with E-state index in [4.69, 9.17) is 0 Å². The summed E-state index contributed by atoms with van der Waals surface area (Å²) in [6.07, 6.45) is 2.69. The minimum atomic E-state index is -0.431. The van der Waals surface area contributed by atoms with Crippen molar-refractivity contribution in [2.75, 3.05) is 0 Å². The van der Waals surface area contributed by atoms with E-state index in [1.165, 1.54) is 6.33 Å². The van der Waals surface area contributed by atoms with Gasteiger partial charge in [-0.15, -0.1) is 0 Å². The molecule has 0 spiro atoms. The Morgan fingerprint density at radius 1 is 1.29 bits per heavy atom. The molecule has 2 rings (SSSR count). The molecule has 0 saturated heterocycles. The normalized spacial score (nSPS) is 12.7. The summed E-state index contributed by atoms with van der Waals surface area (Å²) in [5.41, 5.74) is 1.83. The molecule has 0 saturated carbocycles. The third-order valence-electron chi connectivity index (χ3n) is 2.06. The van der Waals surface area contributed by atoms with Crippen LogP contribution in [0.2, 0.25) is 0 Å². The lowest BCUT2D eigenvalue weighted by atomic mass is 10.1. The van der Waals surface area contributed by atoms with Crippen LogP contribution in [-0.4, -0.2) is 19.9 Å². The zero-order valence-corrected chi connectivity index (χ0v) is 7.83. The number of nitrogens with zero attached hydrogens (tertiary/aromatic N) is 3. The third kappa shape index (κ3) is 1.65. The van der Waals surface area contributed by atoms with E-state index in [9.17, 15) is 5.11 Å². The Kier molecular flexibility index (Phi) is 2.28. The van der Waals surface area contributed by atoms with Crippen LogP contribution >= 0.6 is 0 Å². The van der Waals surface area contributed by atoms with Gasteiger partial charge in [-0.05, 0) is 24.6 Å². The molecule has 4 heteroatoms. The van der Waals surface area contributed by atoms with Gasteiger partial charge in [-0.1, -0.05) is 12.1 Å². The van der Waals surface area contributed by atoms with E-state index in [2.05, 4.69) is 10.1 Å². The van der Waals surface area contributed by atoms with Crippen molar-refractivity contribution in [3.63, 3.8) is 0 Å². The van der Waals surface area contributed by atoms with Gasteiger partial charge in [0.1, 0.15) is 12.7 Å². The van der Waals surface area contributed by atoms with Gasteiger partial charge in [0.2, 0.25) is 0 Å².